The van der Waals surface area contributed by atoms with Crippen molar-refractivity contribution in [2.75, 3.05) is 18.0 Å². The normalized spacial score (nSPS) is 15.3. The minimum atomic E-state index is -0.411. The van der Waals surface area contributed by atoms with Crippen molar-refractivity contribution in [1.29, 1.82) is 0 Å². The Hall–Kier alpha value is -2.86. The first kappa shape index (κ1) is 21.4. The molecule has 0 aliphatic carbocycles. The Kier molecular flexibility index (Phi) is 7.20. The van der Waals surface area contributed by atoms with Crippen LogP contribution in [-0.2, 0) is 17.6 Å². The lowest BCUT2D eigenvalue weighted by Crippen LogP contribution is -2.31. The molecule has 7 heteroatoms. The summed E-state index contributed by atoms with van der Waals surface area (Å²) in [6.45, 7) is 1.84. The predicted octanol–water partition coefficient (Wildman–Crippen LogP) is 4.75. The van der Waals surface area contributed by atoms with E-state index in [-0.39, 0.29) is 12.3 Å². The monoisotopic (exact) mass is 438 g/mol. The minimum Gasteiger partial charge on any atom is -0.406 e. The highest BCUT2D eigenvalue weighted by Crippen LogP contribution is 2.24. The molecule has 162 valence electrons. The van der Waals surface area contributed by atoms with Gasteiger partial charge in [0.15, 0.2) is 0 Å². The average Bonchev–Trinajstić information content (AvgIpc) is 3.11. The Labute approximate surface area is 187 Å². The third kappa shape index (κ3) is 5.85. The van der Waals surface area contributed by atoms with Crippen molar-refractivity contribution in [3.05, 3.63) is 76.6 Å². The highest BCUT2D eigenvalue weighted by molar-refractivity contribution is 6.31. The van der Waals surface area contributed by atoms with E-state index in [4.69, 9.17) is 16.0 Å². The van der Waals surface area contributed by atoms with E-state index in [1.807, 2.05) is 48.5 Å². The van der Waals surface area contributed by atoms with Crippen molar-refractivity contribution >= 4 is 23.5 Å². The highest BCUT2D eigenvalue weighted by atomic mass is 35.5. The molecule has 1 fully saturated rings. The summed E-state index contributed by atoms with van der Waals surface area (Å²) in [6, 6.07) is 17.5. The zero-order chi connectivity index (χ0) is 21.5. The number of amides is 1. The molecule has 6 nitrogen and oxygen atoms in total. The number of benzene rings is 2. The molecule has 1 aliphatic heterocycles. The Morgan fingerprint density at radius 2 is 1.71 bits per heavy atom. The quantitative estimate of drug-likeness (QED) is 0.576. The number of anilines is 1. The van der Waals surface area contributed by atoms with E-state index >= 15 is 0 Å². The zero-order valence-corrected chi connectivity index (χ0v) is 18.2. The Morgan fingerprint density at radius 1 is 1.00 bits per heavy atom. The maximum absolute atomic E-state index is 12.8. The molecule has 4 rings (SSSR count). The summed E-state index contributed by atoms with van der Waals surface area (Å²) < 4.78 is 6.05. The molecule has 2 aromatic carbocycles. The van der Waals surface area contributed by atoms with Gasteiger partial charge in [-0.1, -0.05) is 78.1 Å². The van der Waals surface area contributed by atoms with Crippen LogP contribution in [0, 0.1) is 0 Å². The third-order valence-corrected chi connectivity index (χ3v) is 5.90. The van der Waals surface area contributed by atoms with Crippen molar-refractivity contribution in [2.45, 2.75) is 44.6 Å². The molecule has 2 heterocycles. The van der Waals surface area contributed by atoms with Crippen molar-refractivity contribution in [3.63, 3.8) is 0 Å². The first-order chi connectivity index (χ1) is 15.2. The third-order valence-electron chi connectivity index (χ3n) is 5.53. The van der Waals surface area contributed by atoms with Gasteiger partial charge in [0.1, 0.15) is 6.04 Å². The Balaban J connectivity index is 1.51. The number of halogens is 1. The molecule has 0 saturated carbocycles. The second-order valence-corrected chi connectivity index (χ2v) is 8.31. The summed E-state index contributed by atoms with van der Waals surface area (Å²) in [5, 5.41) is 12.2. The van der Waals surface area contributed by atoms with Crippen LogP contribution in [0.4, 0.5) is 6.01 Å². The van der Waals surface area contributed by atoms with Gasteiger partial charge in [0.25, 0.3) is 0 Å². The lowest BCUT2D eigenvalue weighted by molar-refractivity contribution is -0.121. The van der Waals surface area contributed by atoms with E-state index in [9.17, 15) is 4.79 Å². The predicted molar refractivity (Wildman–Crippen MR) is 121 cm³/mol. The van der Waals surface area contributed by atoms with Crippen LogP contribution in [0.15, 0.2) is 59.0 Å². The van der Waals surface area contributed by atoms with Crippen LogP contribution in [0.2, 0.25) is 5.02 Å². The van der Waals surface area contributed by atoms with Crippen LogP contribution in [0.3, 0.4) is 0 Å². The molecule has 0 bridgehead atoms. The van der Waals surface area contributed by atoms with Crippen molar-refractivity contribution in [3.8, 4) is 0 Å². The van der Waals surface area contributed by atoms with E-state index in [1.54, 1.807) is 6.07 Å². The smallest absolute Gasteiger partial charge is 0.318 e. The number of hydrogen-bond acceptors (Lipinski definition) is 5. The molecule has 1 amide bonds. The number of nitrogens with one attached hydrogen (secondary N) is 1. The van der Waals surface area contributed by atoms with E-state index in [0.717, 1.165) is 37.1 Å². The molecule has 1 N–H and O–H groups in total. The topological polar surface area (TPSA) is 71.3 Å². The van der Waals surface area contributed by atoms with Crippen molar-refractivity contribution < 1.29 is 9.21 Å². The lowest BCUT2D eigenvalue weighted by atomic mass is 10.1. The number of aromatic nitrogens is 2. The van der Waals surface area contributed by atoms with Crippen LogP contribution in [0.1, 0.15) is 48.7 Å². The molecule has 1 saturated heterocycles. The number of carbonyl (C=O) groups excluding carboxylic acids is 1. The number of hydrogen-bond donors (Lipinski definition) is 1. The highest BCUT2D eigenvalue weighted by Gasteiger charge is 2.24. The van der Waals surface area contributed by atoms with E-state index in [2.05, 4.69) is 20.4 Å². The number of nitrogens with zero attached hydrogens (tertiary/aromatic N) is 3. The van der Waals surface area contributed by atoms with Crippen LogP contribution in [0.5, 0.6) is 0 Å². The summed E-state index contributed by atoms with van der Waals surface area (Å²) in [4.78, 5) is 15.0. The minimum absolute atomic E-state index is 0.136. The van der Waals surface area contributed by atoms with Gasteiger partial charge in [-0.3, -0.25) is 4.79 Å². The van der Waals surface area contributed by atoms with E-state index in [1.165, 1.54) is 12.8 Å². The van der Waals surface area contributed by atoms with Gasteiger partial charge in [-0.2, -0.15) is 0 Å². The maximum Gasteiger partial charge on any atom is 0.318 e. The largest absolute Gasteiger partial charge is 0.406 e. The Morgan fingerprint density at radius 3 is 2.45 bits per heavy atom. The van der Waals surface area contributed by atoms with Gasteiger partial charge < -0.3 is 14.6 Å². The molecule has 1 aromatic heterocycles. The zero-order valence-electron chi connectivity index (χ0n) is 17.5. The van der Waals surface area contributed by atoms with Gasteiger partial charge in [-0.25, -0.2) is 0 Å². The standard InChI is InChI=1S/C24H27ClN4O2/c25-20-13-7-6-12-19(20)17-22(30)26-21(16-18-10-4-3-5-11-18)23-27-28-24(31-23)29-14-8-1-2-9-15-29/h3-7,10-13,21H,1-2,8-9,14-17H2,(H,26,30)/t21-/m0/s1. The Bertz CT molecular complexity index is 984. The molecule has 0 radical (unpaired) electrons. The molecular weight excluding hydrogens is 412 g/mol. The molecule has 1 atom stereocenters. The molecule has 0 unspecified atom stereocenters. The molecular formula is C24H27ClN4O2. The van der Waals surface area contributed by atoms with Crippen LogP contribution >= 0.6 is 11.6 Å². The summed E-state index contributed by atoms with van der Waals surface area (Å²) in [5.41, 5.74) is 1.87. The van der Waals surface area contributed by atoms with Gasteiger partial charge in [0.05, 0.1) is 6.42 Å². The van der Waals surface area contributed by atoms with Crippen molar-refractivity contribution in [1.82, 2.24) is 15.5 Å². The molecule has 0 spiro atoms. The summed E-state index contributed by atoms with van der Waals surface area (Å²) >= 11 is 6.23. The fourth-order valence-electron chi connectivity index (χ4n) is 3.87. The maximum atomic E-state index is 12.8. The van der Waals surface area contributed by atoms with Gasteiger partial charge >= 0.3 is 6.01 Å². The van der Waals surface area contributed by atoms with Crippen LogP contribution in [0.25, 0.3) is 0 Å². The second kappa shape index (κ2) is 10.4. The van der Waals surface area contributed by atoms with Gasteiger partial charge in [0, 0.05) is 24.5 Å². The fraction of sp³-hybridized carbons (Fsp3) is 0.375. The molecule has 1 aliphatic rings. The lowest BCUT2D eigenvalue weighted by Gasteiger charge is -2.18. The number of rotatable bonds is 7. The summed E-state index contributed by atoms with van der Waals surface area (Å²) in [5.74, 6) is 0.291. The number of carbonyl (C=O) groups is 1. The first-order valence-electron chi connectivity index (χ1n) is 10.8. The second-order valence-electron chi connectivity index (χ2n) is 7.90. The SMILES string of the molecule is O=C(Cc1ccccc1Cl)N[C@@H](Cc1ccccc1)c1nnc(N2CCCCCC2)o1. The van der Waals surface area contributed by atoms with E-state index < -0.39 is 6.04 Å². The summed E-state index contributed by atoms with van der Waals surface area (Å²) in [7, 11) is 0. The van der Waals surface area contributed by atoms with Gasteiger partial charge in [-0.05, 0) is 30.0 Å². The first-order valence-corrected chi connectivity index (χ1v) is 11.2. The average molecular weight is 439 g/mol. The molecule has 31 heavy (non-hydrogen) atoms. The fourth-order valence-corrected chi connectivity index (χ4v) is 4.07. The van der Waals surface area contributed by atoms with Crippen LogP contribution in [-0.4, -0.2) is 29.2 Å². The van der Waals surface area contributed by atoms with Gasteiger partial charge in [-0.15, -0.1) is 5.10 Å². The molecule has 3 aromatic rings. The van der Waals surface area contributed by atoms with E-state index in [0.29, 0.717) is 23.3 Å². The van der Waals surface area contributed by atoms with Crippen LogP contribution < -0.4 is 10.2 Å². The summed E-state index contributed by atoms with van der Waals surface area (Å²) in [6.07, 6.45) is 5.47. The van der Waals surface area contributed by atoms with Gasteiger partial charge in [0.2, 0.25) is 11.8 Å². The van der Waals surface area contributed by atoms with Crippen molar-refractivity contribution in [2.24, 2.45) is 0 Å².